The first-order chi connectivity index (χ1) is 9.48. The van der Waals surface area contributed by atoms with Crippen LogP contribution in [0.25, 0.3) is 0 Å². The van der Waals surface area contributed by atoms with Gasteiger partial charge in [-0.25, -0.2) is 0 Å². The van der Waals surface area contributed by atoms with E-state index in [0.717, 1.165) is 13.1 Å². The van der Waals surface area contributed by atoms with Crippen LogP contribution in [0.2, 0.25) is 0 Å². The Kier molecular flexibility index (Phi) is 5.48. The second-order valence-corrected chi connectivity index (χ2v) is 7.57. The smallest absolute Gasteiger partial charge is 0.239 e. The van der Waals surface area contributed by atoms with Gasteiger partial charge in [0.1, 0.15) is 0 Å². The first-order valence-electron chi connectivity index (χ1n) is 8.53. The van der Waals surface area contributed by atoms with Gasteiger partial charge in [-0.2, -0.15) is 0 Å². The molecule has 0 aromatic carbocycles. The molecule has 1 heterocycles. The van der Waals surface area contributed by atoms with E-state index in [4.69, 9.17) is 0 Å². The summed E-state index contributed by atoms with van der Waals surface area (Å²) in [7, 11) is 0. The maximum absolute atomic E-state index is 12.4. The number of nitrogens with one attached hydrogen (secondary N) is 1. The van der Waals surface area contributed by atoms with E-state index in [9.17, 15) is 4.79 Å². The van der Waals surface area contributed by atoms with Crippen molar-refractivity contribution in [3.05, 3.63) is 0 Å². The highest BCUT2D eigenvalue weighted by Gasteiger charge is 2.28. The Balaban J connectivity index is 1.81. The van der Waals surface area contributed by atoms with E-state index >= 15 is 0 Å². The van der Waals surface area contributed by atoms with Gasteiger partial charge in [0.2, 0.25) is 5.91 Å². The Morgan fingerprint density at radius 3 is 2.50 bits per heavy atom. The van der Waals surface area contributed by atoms with Gasteiger partial charge in [-0.3, -0.25) is 4.79 Å². The Hall–Kier alpha value is -0.570. The summed E-state index contributed by atoms with van der Waals surface area (Å²) in [5, 5.41) is 3.60. The lowest BCUT2D eigenvalue weighted by atomic mass is 9.85. The number of amides is 1. The van der Waals surface area contributed by atoms with Crippen LogP contribution in [0.1, 0.15) is 72.1 Å². The molecule has 20 heavy (non-hydrogen) atoms. The van der Waals surface area contributed by atoms with Crippen molar-refractivity contribution in [2.45, 2.75) is 84.2 Å². The summed E-state index contributed by atoms with van der Waals surface area (Å²) >= 11 is 0. The van der Waals surface area contributed by atoms with Crippen LogP contribution in [-0.4, -0.2) is 36.0 Å². The van der Waals surface area contributed by atoms with Gasteiger partial charge in [0, 0.05) is 19.1 Å². The predicted molar refractivity (Wildman–Crippen MR) is 83.7 cm³/mol. The number of rotatable bonds is 3. The third kappa shape index (κ3) is 4.47. The van der Waals surface area contributed by atoms with Crippen molar-refractivity contribution >= 4 is 5.91 Å². The third-order valence-electron chi connectivity index (χ3n) is 5.10. The number of hydrogen-bond donors (Lipinski definition) is 1. The van der Waals surface area contributed by atoms with Crippen LogP contribution in [0.15, 0.2) is 0 Å². The second kappa shape index (κ2) is 6.93. The van der Waals surface area contributed by atoms with Gasteiger partial charge < -0.3 is 10.2 Å². The van der Waals surface area contributed by atoms with Crippen LogP contribution in [0, 0.1) is 5.41 Å². The van der Waals surface area contributed by atoms with E-state index in [1.165, 1.54) is 51.4 Å². The SMILES string of the molecule is CC(NC1CCCC(C)(C)CC1)C(=O)N1CCCCC1. The van der Waals surface area contributed by atoms with Gasteiger partial charge in [0.15, 0.2) is 0 Å². The molecule has 1 saturated heterocycles. The monoisotopic (exact) mass is 280 g/mol. The van der Waals surface area contributed by atoms with Crippen molar-refractivity contribution in [3.8, 4) is 0 Å². The molecule has 116 valence electrons. The van der Waals surface area contributed by atoms with E-state index in [2.05, 4.69) is 24.1 Å². The highest BCUT2D eigenvalue weighted by molar-refractivity contribution is 5.81. The minimum atomic E-state index is -0.0145. The lowest BCUT2D eigenvalue weighted by Crippen LogP contribution is -2.49. The average Bonchev–Trinajstić information content (AvgIpc) is 2.60. The molecule has 3 nitrogen and oxygen atoms in total. The molecule has 0 aromatic rings. The van der Waals surface area contributed by atoms with Crippen LogP contribution >= 0.6 is 0 Å². The molecule has 0 radical (unpaired) electrons. The molecular formula is C17H32N2O. The van der Waals surface area contributed by atoms with Crippen molar-refractivity contribution in [3.63, 3.8) is 0 Å². The van der Waals surface area contributed by atoms with Gasteiger partial charge >= 0.3 is 0 Å². The van der Waals surface area contributed by atoms with Crippen LogP contribution < -0.4 is 5.32 Å². The molecule has 2 fully saturated rings. The summed E-state index contributed by atoms with van der Waals surface area (Å²) in [4.78, 5) is 14.5. The Bertz CT molecular complexity index is 321. The van der Waals surface area contributed by atoms with Crippen LogP contribution in [0.4, 0.5) is 0 Å². The summed E-state index contributed by atoms with van der Waals surface area (Å²) in [5.41, 5.74) is 0.483. The van der Waals surface area contributed by atoms with Crippen LogP contribution in [-0.2, 0) is 4.79 Å². The van der Waals surface area contributed by atoms with Crippen LogP contribution in [0.3, 0.4) is 0 Å². The molecule has 1 amide bonds. The van der Waals surface area contributed by atoms with E-state index < -0.39 is 0 Å². The van der Waals surface area contributed by atoms with Gasteiger partial charge in [-0.05, 0) is 57.3 Å². The van der Waals surface area contributed by atoms with Gasteiger partial charge in [0.25, 0.3) is 0 Å². The molecule has 0 spiro atoms. The summed E-state index contributed by atoms with van der Waals surface area (Å²) in [6.45, 7) is 8.72. The molecular weight excluding hydrogens is 248 g/mol. The minimum absolute atomic E-state index is 0.0145. The molecule has 3 heteroatoms. The zero-order valence-electron chi connectivity index (χ0n) is 13.6. The molecule has 2 rings (SSSR count). The van der Waals surface area contributed by atoms with E-state index in [-0.39, 0.29) is 6.04 Å². The normalized spacial score (nSPS) is 28.8. The molecule has 1 saturated carbocycles. The molecule has 2 aliphatic rings. The highest BCUT2D eigenvalue weighted by atomic mass is 16.2. The lowest BCUT2D eigenvalue weighted by Gasteiger charge is -2.31. The van der Waals surface area contributed by atoms with E-state index in [0.29, 0.717) is 17.4 Å². The summed E-state index contributed by atoms with van der Waals surface area (Å²) in [5.74, 6) is 0.313. The summed E-state index contributed by atoms with van der Waals surface area (Å²) < 4.78 is 0. The van der Waals surface area contributed by atoms with Crippen molar-refractivity contribution in [2.24, 2.45) is 5.41 Å². The Morgan fingerprint density at radius 2 is 1.80 bits per heavy atom. The molecule has 1 N–H and O–H groups in total. The average molecular weight is 280 g/mol. The maximum atomic E-state index is 12.4. The zero-order chi connectivity index (χ0) is 14.6. The minimum Gasteiger partial charge on any atom is -0.341 e. The first kappa shape index (κ1) is 15.8. The number of carbonyl (C=O) groups excluding carboxylic acids is 1. The maximum Gasteiger partial charge on any atom is 0.239 e. The number of nitrogens with zero attached hydrogens (tertiary/aromatic N) is 1. The topological polar surface area (TPSA) is 32.3 Å². The molecule has 2 atom stereocenters. The first-order valence-corrected chi connectivity index (χ1v) is 8.53. The quantitative estimate of drug-likeness (QED) is 0.804. The third-order valence-corrected chi connectivity index (χ3v) is 5.10. The van der Waals surface area contributed by atoms with Gasteiger partial charge in [-0.1, -0.05) is 20.3 Å². The lowest BCUT2D eigenvalue weighted by molar-refractivity contribution is -0.134. The molecule has 0 aromatic heterocycles. The summed E-state index contributed by atoms with van der Waals surface area (Å²) in [6, 6.07) is 0.514. The second-order valence-electron chi connectivity index (χ2n) is 7.57. The number of carbonyl (C=O) groups is 1. The van der Waals surface area contributed by atoms with Gasteiger partial charge in [0.05, 0.1) is 6.04 Å². The Labute approximate surface area is 124 Å². The molecule has 2 unspecified atom stereocenters. The van der Waals surface area contributed by atoms with E-state index in [1.54, 1.807) is 0 Å². The predicted octanol–water partition coefficient (Wildman–Crippen LogP) is 3.34. The van der Waals surface area contributed by atoms with Crippen molar-refractivity contribution in [2.75, 3.05) is 13.1 Å². The summed E-state index contributed by atoms with van der Waals surface area (Å²) in [6.07, 6.45) is 9.95. The molecule has 1 aliphatic carbocycles. The number of likely N-dealkylation sites (tertiary alicyclic amines) is 1. The largest absolute Gasteiger partial charge is 0.341 e. The number of hydrogen-bond acceptors (Lipinski definition) is 2. The van der Waals surface area contributed by atoms with Crippen molar-refractivity contribution < 1.29 is 4.79 Å². The molecule has 1 aliphatic heterocycles. The molecule has 0 bridgehead atoms. The fourth-order valence-corrected chi connectivity index (χ4v) is 3.64. The highest BCUT2D eigenvalue weighted by Crippen LogP contribution is 2.33. The van der Waals surface area contributed by atoms with Crippen molar-refractivity contribution in [1.29, 1.82) is 0 Å². The van der Waals surface area contributed by atoms with Crippen molar-refractivity contribution in [1.82, 2.24) is 10.2 Å². The zero-order valence-corrected chi connectivity index (χ0v) is 13.6. The standard InChI is InChI=1S/C17H32N2O/c1-14(16(20)19-12-5-4-6-13-19)18-15-8-7-10-17(2,3)11-9-15/h14-15,18H,4-13H2,1-3H3. The Morgan fingerprint density at radius 1 is 1.10 bits per heavy atom. The van der Waals surface area contributed by atoms with Gasteiger partial charge in [-0.15, -0.1) is 0 Å². The van der Waals surface area contributed by atoms with Crippen LogP contribution in [0.5, 0.6) is 0 Å². The number of piperidine rings is 1. The fourth-order valence-electron chi connectivity index (χ4n) is 3.64. The fraction of sp³-hybridized carbons (Fsp3) is 0.941. The van der Waals surface area contributed by atoms with E-state index in [1.807, 2.05) is 6.92 Å².